The van der Waals surface area contributed by atoms with E-state index in [4.69, 9.17) is 35.4 Å². The molecular weight excluding hydrogens is 311 g/mol. The summed E-state index contributed by atoms with van der Waals surface area (Å²) in [7, 11) is 0. The van der Waals surface area contributed by atoms with E-state index < -0.39 is 0 Å². The van der Waals surface area contributed by atoms with Gasteiger partial charge in [0.15, 0.2) is 5.11 Å². The first kappa shape index (κ1) is 15.1. The van der Waals surface area contributed by atoms with Crippen LogP contribution in [0.5, 0.6) is 0 Å². The summed E-state index contributed by atoms with van der Waals surface area (Å²) in [5, 5.41) is 8.04. The summed E-state index contributed by atoms with van der Waals surface area (Å²) < 4.78 is 0. The van der Waals surface area contributed by atoms with Gasteiger partial charge in [-0.05, 0) is 48.5 Å². The Kier molecular flexibility index (Phi) is 5.65. The molecule has 5 heteroatoms. The van der Waals surface area contributed by atoms with Crippen LogP contribution in [-0.4, -0.2) is 11.7 Å². The number of hydrogen-bond acceptors (Lipinski definition) is 1. The van der Waals surface area contributed by atoms with Crippen molar-refractivity contribution >= 4 is 46.2 Å². The highest BCUT2D eigenvalue weighted by Gasteiger charge is 2.00. The molecule has 0 aliphatic rings. The summed E-state index contributed by atoms with van der Waals surface area (Å²) in [6, 6.07) is 15.5. The zero-order valence-electron chi connectivity index (χ0n) is 10.7. The molecule has 2 aromatic rings. The molecule has 2 nitrogen and oxygen atoms in total. The minimum Gasteiger partial charge on any atom is -0.362 e. The first-order valence-corrected chi connectivity index (χ1v) is 7.35. The third-order valence-corrected chi connectivity index (χ3v) is 3.70. The number of hydrogen-bond donors (Lipinski definition) is 2. The number of halogens is 2. The number of rotatable bonds is 4. The van der Waals surface area contributed by atoms with Crippen molar-refractivity contribution < 1.29 is 0 Å². The maximum Gasteiger partial charge on any atom is 0.170 e. The highest BCUT2D eigenvalue weighted by molar-refractivity contribution is 7.80. The normalized spacial score (nSPS) is 10.1. The molecule has 0 bridgehead atoms. The van der Waals surface area contributed by atoms with Crippen molar-refractivity contribution in [1.29, 1.82) is 0 Å². The lowest BCUT2D eigenvalue weighted by atomic mass is 10.1. The molecule has 0 amide bonds. The Hall–Kier alpha value is -1.29. The molecule has 0 aliphatic carbocycles. The molecule has 0 saturated carbocycles. The molecule has 2 N–H and O–H groups in total. The lowest BCUT2D eigenvalue weighted by Gasteiger charge is -2.10. The van der Waals surface area contributed by atoms with Crippen molar-refractivity contribution in [3.8, 4) is 0 Å². The average Bonchev–Trinajstić information content (AvgIpc) is 2.44. The summed E-state index contributed by atoms with van der Waals surface area (Å²) in [5.74, 6) is 0. The van der Waals surface area contributed by atoms with E-state index in [0.717, 1.165) is 24.2 Å². The second-order valence-corrected chi connectivity index (χ2v) is 5.47. The first-order valence-electron chi connectivity index (χ1n) is 6.19. The minimum atomic E-state index is 0.574. The molecule has 2 rings (SSSR count). The smallest absolute Gasteiger partial charge is 0.170 e. The number of para-hydroxylation sites is 1. The second-order valence-electron chi connectivity index (χ2n) is 4.25. The van der Waals surface area contributed by atoms with Crippen molar-refractivity contribution in [3.05, 3.63) is 64.1 Å². The van der Waals surface area contributed by atoms with E-state index in [1.54, 1.807) is 6.07 Å². The van der Waals surface area contributed by atoms with Gasteiger partial charge in [-0.3, -0.25) is 0 Å². The van der Waals surface area contributed by atoms with Gasteiger partial charge in [-0.15, -0.1) is 0 Å². The monoisotopic (exact) mass is 324 g/mol. The fraction of sp³-hybridized carbons (Fsp3) is 0.133. The highest BCUT2D eigenvalue weighted by atomic mass is 35.5. The fourth-order valence-electron chi connectivity index (χ4n) is 1.71. The molecule has 0 spiro atoms. The molecule has 0 fully saturated rings. The maximum atomic E-state index is 5.97. The van der Waals surface area contributed by atoms with Crippen molar-refractivity contribution in [2.75, 3.05) is 11.9 Å². The molecule has 2 aromatic carbocycles. The largest absolute Gasteiger partial charge is 0.362 e. The standard InChI is InChI=1S/C15H14Cl2N2S/c16-13-7-6-11(10-14(13)17)8-9-18-15(20)19-12-4-2-1-3-5-12/h1-7,10H,8-9H2,(H2,18,19,20). The molecule has 20 heavy (non-hydrogen) atoms. The Balaban J connectivity index is 1.78. The summed E-state index contributed by atoms with van der Waals surface area (Å²) >= 11 is 17.1. The van der Waals surface area contributed by atoms with E-state index in [2.05, 4.69) is 10.6 Å². The number of benzene rings is 2. The molecule has 0 heterocycles. The van der Waals surface area contributed by atoms with Crippen LogP contribution in [0.2, 0.25) is 10.0 Å². The van der Waals surface area contributed by atoms with E-state index in [1.165, 1.54) is 0 Å². The van der Waals surface area contributed by atoms with Gasteiger partial charge in [0.05, 0.1) is 10.0 Å². The lowest BCUT2D eigenvalue weighted by Crippen LogP contribution is -2.30. The van der Waals surface area contributed by atoms with E-state index in [0.29, 0.717) is 15.2 Å². The van der Waals surface area contributed by atoms with Crippen LogP contribution < -0.4 is 10.6 Å². The molecule has 0 aliphatic heterocycles. The van der Waals surface area contributed by atoms with Crippen LogP contribution in [-0.2, 0) is 6.42 Å². The van der Waals surface area contributed by atoms with Gasteiger partial charge in [-0.25, -0.2) is 0 Å². The molecule has 104 valence electrons. The van der Waals surface area contributed by atoms with Crippen LogP contribution in [0, 0.1) is 0 Å². The summed E-state index contributed by atoms with van der Waals surface area (Å²) in [4.78, 5) is 0. The van der Waals surface area contributed by atoms with E-state index in [-0.39, 0.29) is 0 Å². The Morgan fingerprint density at radius 1 is 1.00 bits per heavy atom. The topological polar surface area (TPSA) is 24.1 Å². The number of nitrogens with one attached hydrogen (secondary N) is 2. The fourth-order valence-corrected chi connectivity index (χ4v) is 2.25. The number of anilines is 1. The van der Waals surface area contributed by atoms with Crippen molar-refractivity contribution in [1.82, 2.24) is 5.32 Å². The van der Waals surface area contributed by atoms with Crippen LogP contribution in [0.4, 0.5) is 5.69 Å². The number of thiocarbonyl (C=S) groups is 1. The zero-order chi connectivity index (χ0) is 14.4. The summed E-state index contributed by atoms with van der Waals surface area (Å²) in [6.07, 6.45) is 0.827. The molecule has 0 atom stereocenters. The van der Waals surface area contributed by atoms with Crippen molar-refractivity contribution in [2.45, 2.75) is 6.42 Å². The molecule has 0 radical (unpaired) electrons. The second kappa shape index (κ2) is 7.48. The van der Waals surface area contributed by atoms with Crippen LogP contribution in [0.3, 0.4) is 0 Å². The van der Waals surface area contributed by atoms with Gasteiger partial charge >= 0.3 is 0 Å². The Morgan fingerprint density at radius 3 is 2.45 bits per heavy atom. The molecular formula is C15H14Cl2N2S. The van der Waals surface area contributed by atoms with Crippen LogP contribution >= 0.6 is 35.4 Å². The first-order chi connectivity index (χ1) is 9.65. The van der Waals surface area contributed by atoms with Crippen molar-refractivity contribution in [3.63, 3.8) is 0 Å². The molecule has 0 unspecified atom stereocenters. The molecule has 0 saturated heterocycles. The van der Waals surface area contributed by atoms with Gasteiger partial charge in [-0.1, -0.05) is 47.5 Å². The SMILES string of the molecule is S=C(NCCc1ccc(Cl)c(Cl)c1)Nc1ccccc1. The van der Waals surface area contributed by atoms with Gasteiger partial charge in [0.2, 0.25) is 0 Å². The van der Waals surface area contributed by atoms with Gasteiger partial charge < -0.3 is 10.6 Å². The summed E-state index contributed by atoms with van der Waals surface area (Å²) in [5.41, 5.74) is 2.09. The Labute approximate surface area is 134 Å². The average molecular weight is 325 g/mol. The van der Waals surface area contributed by atoms with Crippen LogP contribution in [0.25, 0.3) is 0 Å². The predicted octanol–water partition coefficient (Wildman–Crippen LogP) is 4.52. The van der Waals surface area contributed by atoms with Gasteiger partial charge in [0.1, 0.15) is 0 Å². The highest BCUT2D eigenvalue weighted by Crippen LogP contribution is 2.22. The predicted molar refractivity (Wildman–Crippen MR) is 90.8 cm³/mol. The quantitative estimate of drug-likeness (QED) is 0.808. The third kappa shape index (κ3) is 4.67. The van der Waals surface area contributed by atoms with Gasteiger partial charge in [0, 0.05) is 12.2 Å². The van der Waals surface area contributed by atoms with Crippen LogP contribution in [0.1, 0.15) is 5.56 Å². The van der Waals surface area contributed by atoms with Crippen molar-refractivity contribution in [2.24, 2.45) is 0 Å². The summed E-state index contributed by atoms with van der Waals surface area (Å²) in [6.45, 7) is 0.733. The lowest BCUT2D eigenvalue weighted by molar-refractivity contribution is 0.873. The zero-order valence-corrected chi connectivity index (χ0v) is 13.0. The minimum absolute atomic E-state index is 0.574. The van der Waals surface area contributed by atoms with E-state index in [9.17, 15) is 0 Å². The van der Waals surface area contributed by atoms with E-state index in [1.807, 2.05) is 42.5 Å². The molecule has 0 aromatic heterocycles. The Morgan fingerprint density at radius 2 is 1.75 bits per heavy atom. The third-order valence-electron chi connectivity index (χ3n) is 2.71. The van der Waals surface area contributed by atoms with Crippen LogP contribution in [0.15, 0.2) is 48.5 Å². The maximum absolute atomic E-state index is 5.97. The van der Waals surface area contributed by atoms with Gasteiger partial charge in [0.25, 0.3) is 0 Å². The van der Waals surface area contributed by atoms with E-state index >= 15 is 0 Å². The van der Waals surface area contributed by atoms with Gasteiger partial charge in [-0.2, -0.15) is 0 Å². The Bertz CT molecular complexity index is 588.